The molecule has 0 amide bonds. The van der Waals surface area contributed by atoms with Gasteiger partial charge in [0.2, 0.25) is 0 Å². The van der Waals surface area contributed by atoms with Crippen molar-refractivity contribution in [3.8, 4) is 0 Å². The van der Waals surface area contributed by atoms with E-state index in [1.165, 1.54) is 25.9 Å². The Hall–Kier alpha value is -0.0500. The summed E-state index contributed by atoms with van der Waals surface area (Å²) in [6, 6.07) is 0.889. The van der Waals surface area contributed by atoms with Gasteiger partial charge >= 0.3 is 0 Å². The number of halogens is 1. The molecule has 2 nitrogen and oxygen atoms in total. The molecule has 14 heavy (non-hydrogen) atoms. The van der Waals surface area contributed by atoms with Crippen molar-refractivity contribution >= 4 is 11.6 Å². The third-order valence-electron chi connectivity index (χ3n) is 2.56. The zero-order valence-electron chi connectivity index (χ0n) is 9.01. The van der Waals surface area contributed by atoms with Crippen LogP contribution in [-0.2, 0) is 0 Å². The van der Waals surface area contributed by atoms with E-state index in [9.17, 15) is 0 Å². The molecule has 82 valence electrons. The van der Waals surface area contributed by atoms with Crippen LogP contribution in [-0.4, -0.2) is 43.0 Å². The van der Waals surface area contributed by atoms with Crippen molar-refractivity contribution in [2.75, 3.05) is 32.1 Å². The largest absolute Gasteiger partial charge is 0.312 e. The summed E-state index contributed by atoms with van der Waals surface area (Å²) < 4.78 is 0. The number of allylic oxidation sites excluding steroid dienone is 1. The molecule has 0 bridgehead atoms. The lowest BCUT2D eigenvalue weighted by Crippen LogP contribution is -2.33. The van der Waals surface area contributed by atoms with E-state index >= 15 is 0 Å². The second-order valence-electron chi connectivity index (χ2n) is 3.69. The predicted molar refractivity (Wildman–Crippen MR) is 63.0 cm³/mol. The van der Waals surface area contributed by atoms with E-state index in [0.29, 0.717) is 5.88 Å². The number of hydrogen-bond acceptors (Lipinski definition) is 2. The first-order valence-corrected chi connectivity index (χ1v) is 6.07. The van der Waals surface area contributed by atoms with Crippen molar-refractivity contribution in [2.24, 2.45) is 0 Å². The summed E-state index contributed by atoms with van der Waals surface area (Å²) in [7, 11) is 0. The molecule has 1 fully saturated rings. The van der Waals surface area contributed by atoms with Crippen molar-refractivity contribution in [1.82, 2.24) is 10.2 Å². The van der Waals surface area contributed by atoms with Crippen molar-refractivity contribution in [3.05, 3.63) is 12.2 Å². The quantitative estimate of drug-likeness (QED) is 0.379. The zero-order chi connectivity index (χ0) is 10.2. The molecule has 1 aliphatic carbocycles. The van der Waals surface area contributed by atoms with Crippen LogP contribution in [0.5, 0.6) is 0 Å². The number of alkyl halides is 1. The van der Waals surface area contributed by atoms with Gasteiger partial charge in [-0.1, -0.05) is 19.1 Å². The molecule has 0 aromatic heterocycles. The van der Waals surface area contributed by atoms with Gasteiger partial charge < -0.3 is 5.32 Å². The van der Waals surface area contributed by atoms with Crippen molar-refractivity contribution in [1.29, 1.82) is 0 Å². The SMILES string of the molecule is CCN(CCNC/C=C/CCl)C1CC1. The Kier molecular flexibility index (Phi) is 6.24. The number of hydrogen-bond donors (Lipinski definition) is 1. The molecular formula is C11H21ClN2. The minimum Gasteiger partial charge on any atom is -0.312 e. The second kappa shape index (κ2) is 7.27. The van der Waals surface area contributed by atoms with Crippen molar-refractivity contribution < 1.29 is 0 Å². The van der Waals surface area contributed by atoms with Gasteiger partial charge in [-0.3, -0.25) is 4.90 Å². The molecule has 1 N–H and O–H groups in total. The third kappa shape index (κ3) is 4.99. The molecule has 0 saturated heterocycles. The Balaban J connectivity index is 1.93. The van der Waals surface area contributed by atoms with Gasteiger partial charge in [0, 0.05) is 31.6 Å². The van der Waals surface area contributed by atoms with Crippen LogP contribution < -0.4 is 5.32 Å². The summed E-state index contributed by atoms with van der Waals surface area (Å²) in [6.45, 7) is 6.62. The first-order valence-electron chi connectivity index (χ1n) is 5.54. The van der Waals surface area contributed by atoms with E-state index in [1.54, 1.807) is 0 Å². The Morgan fingerprint density at radius 1 is 1.43 bits per heavy atom. The van der Waals surface area contributed by atoms with Crippen molar-refractivity contribution in [2.45, 2.75) is 25.8 Å². The van der Waals surface area contributed by atoms with Crippen LogP contribution in [0.25, 0.3) is 0 Å². The smallest absolute Gasteiger partial charge is 0.0404 e. The lowest BCUT2D eigenvalue weighted by molar-refractivity contribution is 0.278. The summed E-state index contributed by atoms with van der Waals surface area (Å²) in [5.74, 6) is 0.616. The monoisotopic (exact) mass is 216 g/mol. The van der Waals surface area contributed by atoms with Gasteiger partial charge in [0.05, 0.1) is 0 Å². The molecule has 1 rings (SSSR count). The van der Waals surface area contributed by atoms with Gasteiger partial charge in [0.15, 0.2) is 0 Å². The topological polar surface area (TPSA) is 15.3 Å². The molecule has 0 aromatic rings. The van der Waals surface area contributed by atoms with Crippen LogP contribution in [0.3, 0.4) is 0 Å². The molecule has 0 spiro atoms. The second-order valence-corrected chi connectivity index (χ2v) is 4.00. The van der Waals surface area contributed by atoms with Crippen LogP contribution in [0.4, 0.5) is 0 Å². The Morgan fingerprint density at radius 3 is 2.79 bits per heavy atom. The average Bonchev–Trinajstić information content (AvgIpc) is 3.01. The van der Waals surface area contributed by atoms with E-state index in [4.69, 9.17) is 11.6 Å². The van der Waals surface area contributed by atoms with Gasteiger partial charge in [-0.2, -0.15) is 0 Å². The summed E-state index contributed by atoms with van der Waals surface area (Å²) in [4.78, 5) is 2.55. The van der Waals surface area contributed by atoms with Gasteiger partial charge in [-0.05, 0) is 19.4 Å². The van der Waals surface area contributed by atoms with E-state index in [1.807, 2.05) is 6.08 Å². The van der Waals surface area contributed by atoms with Gasteiger partial charge in [0.1, 0.15) is 0 Å². The molecule has 0 unspecified atom stereocenters. The van der Waals surface area contributed by atoms with Crippen LogP contribution in [0.15, 0.2) is 12.2 Å². The van der Waals surface area contributed by atoms with E-state index in [0.717, 1.165) is 19.1 Å². The van der Waals surface area contributed by atoms with Crippen LogP contribution in [0.1, 0.15) is 19.8 Å². The fraction of sp³-hybridized carbons (Fsp3) is 0.818. The molecule has 1 saturated carbocycles. The van der Waals surface area contributed by atoms with E-state index in [-0.39, 0.29) is 0 Å². The lowest BCUT2D eigenvalue weighted by Gasteiger charge is -2.19. The molecule has 0 aromatic carbocycles. The molecule has 0 radical (unpaired) electrons. The first-order chi connectivity index (χ1) is 6.88. The molecule has 0 aliphatic heterocycles. The highest BCUT2D eigenvalue weighted by Gasteiger charge is 2.26. The number of nitrogens with zero attached hydrogens (tertiary/aromatic N) is 1. The van der Waals surface area contributed by atoms with Gasteiger partial charge in [0.25, 0.3) is 0 Å². The third-order valence-corrected chi connectivity index (χ3v) is 2.74. The highest BCUT2D eigenvalue weighted by Crippen LogP contribution is 2.25. The Bertz CT molecular complexity index is 167. The number of likely N-dealkylation sites (N-methyl/N-ethyl adjacent to an activating group) is 1. The highest BCUT2D eigenvalue weighted by atomic mass is 35.5. The number of rotatable bonds is 8. The fourth-order valence-electron chi connectivity index (χ4n) is 1.59. The Morgan fingerprint density at radius 2 is 2.21 bits per heavy atom. The molecule has 0 atom stereocenters. The normalized spacial score (nSPS) is 17.1. The molecule has 0 heterocycles. The lowest BCUT2D eigenvalue weighted by atomic mass is 10.4. The maximum atomic E-state index is 5.51. The predicted octanol–water partition coefficient (Wildman–Crippen LogP) is 1.86. The fourth-order valence-corrected chi connectivity index (χ4v) is 1.72. The Labute approximate surface area is 92.3 Å². The minimum atomic E-state index is 0.616. The van der Waals surface area contributed by atoms with Crippen molar-refractivity contribution in [3.63, 3.8) is 0 Å². The van der Waals surface area contributed by atoms with Gasteiger partial charge in [-0.25, -0.2) is 0 Å². The van der Waals surface area contributed by atoms with E-state index in [2.05, 4.69) is 23.2 Å². The van der Waals surface area contributed by atoms with E-state index < -0.39 is 0 Å². The highest BCUT2D eigenvalue weighted by molar-refractivity contribution is 6.18. The maximum Gasteiger partial charge on any atom is 0.0404 e. The van der Waals surface area contributed by atoms with Gasteiger partial charge in [-0.15, -0.1) is 11.6 Å². The zero-order valence-corrected chi connectivity index (χ0v) is 9.76. The maximum absolute atomic E-state index is 5.51. The summed E-state index contributed by atoms with van der Waals surface area (Å²) in [6.07, 6.45) is 6.87. The summed E-state index contributed by atoms with van der Waals surface area (Å²) in [5.41, 5.74) is 0. The average molecular weight is 217 g/mol. The first kappa shape index (κ1) is 12.0. The molecular weight excluding hydrogens is 196 g/mol. The standard InChI is InChI=1S/C11H21ClN2/c1-2-14(11-5-6-11)10-9-13-8-4-3-7-12/h3-4,11,13H,2,5-10H2,1H3/b4-3+. The van der Waals surface area contributed by atoms with Crippen LogP contribution in [0, 0.1) is 0 Å². The van der Waals surface area contributed by atoms with Crippen LogP contribution >= 0.6 is 11.6 Å². The molecule has 3 heteroatoms. The molecule has 1 aliphatic rings. The summed E-state index contributed by atoms with van der Waals surface area (Å²) in [5, 5.41) is 3.38. The summed E-state index contributed by atoms with van der Waals surface area (Å²) >= 11 is 5.51. The number of nitrogens with one attached hydrogen (secondary N) is 1. The minimum absolute atomic E-state index is 0.616. The van der Waals surface area contributed by atoms with Crippen LogP contribution in [0.2, 0.25) is 0 Å².